The number of hydrogen-bond donors (Lipinski definition) is 9. The number of likely N-dealkylation sites (tertiary alicyclic amines) is 1. The minimum Gasteiger partial charge on any atom is -0.378 e. The number of carbonyl (C=O) groups excluding carboxylic acids is 8. The Kier molecular flexibility index (Phi) is 24.5. The molecule has 2 saturated heterocycles. The lowest BCUT2D eigenvalue weighted by Gasteiger charge is -2.29. The first-order chi connectivity index (χ1) is 49.7. The van der Waals surface area contributed by atoms with Crippen LogP contribution in [0.5, 0.6) is 0 Å². The van der Waals surface area contributed by atoms with E-state index in [9.17, 15) is 43.6 Å². The molecule has 8 aromatic rings. The van der Waals surface area contributed by atoms with Crippen molar-refractivity contribution in [3.8, 4) is 0 Å². The van der Waals surface area contributed by atoms with Crippen molar-refractivity contribution in [2.24, 2.45) is 0 Å². The first kappa shape index (κ1) is 73.9. The summed E-state index contributed by atoms with van der Waals surface area (Å²) in [7, 11) is 4.15. The van der Waals surface area contributed by atoms with Gasteiger partial charge in [-0.05, 0) is 92.1 Å². The molecule has 542 valence electrons. The number of nitrogens with zero attached hydrogens (tertiary/aromatic N) is 12. The Morgan fingerprint density at radius 3 is 1.04 bits per heavy atom. The van der Waals surface area contributed by atoms with E-state index < -0.39 is 5.91 Å². The molecule has 4 aromatic carbocycles. The summed E-state index contributed by atoms with van der Waals surface area (Å²) in [5.74, 6) is -1.14. The predicted molar refractivity (Wildman–Crippen MR) is 382 cm³/mol. The number of anilines is 4. The monoisotopic (exact) mass is 1490 g/mol. The number of aromatic nitrogens is 8. The maximum atomic E-state index is 12.8. The molecule has 35 heteroatoms. The van der Waals surface area contributed by atoms with Crippen molar-refractivity contribution in [2.75, 3.05) is 108 Å². The summed E-state index contributed by atoms with van der Waals surface area (Å²) in [6.45, 7) is 7.09. The molecular formula is C68H76Cl4N20O11. The number of morpholine rings is 1. The first-order valence-electron chi connectivity index (χ1n) is 33.1. The summed E-state index contributed by atoms with van der Waals surface area (Å²) in [6.07, 6.45) is 5.65. The summed E-state index contributed by atoms with van der Waals surface area (Å²) >= 11 is 23.8. The zero-order chi connectivity index (χ0) is 72.8. The number of H-pyrrole nitrogens is 4. The summed E-state index contributed by atoms with van der Waals surface area (Å²) in [6, 6.07) is 26.9. The summed E-state index contributed by atoms with van der Waals surface area (Å²) in [5, 5.41) is 52.5. The number of hydroxylamine groups is 4. The van der Waals surface area contributed by atoms with Gasteiger partial charge in [0.15, 0.2) is 22.8 Å². The van der Waals surface area contributed by atoms with Crippen LogP contribution in [0.3, 0.4) is 0 Å². The molecule has 103 heavy (non-hydrogen) atoms. The van der Waals surface area contributed by atoms with Crippen LogP contribution in [-0.2, 0) is 61.4 Å². The first-order valence-corrected chi connectivity index (χ1v) is 34.6. The van der Waals surface area contributed by atoms with E-state index in [2.05, 4.69) is 62.1 Å². The van der Waals surface area contributed by atoms with Crippen LogP contribution in [0.2, 0.25) is 20.1 Å². The zero-order valence-corrected chi connectivity index (χ0v) is 59.5. The Morgan fingerprint density at radius 1 is 0.427 bits per heavy atom. The number of nitrogens with one attached hydrogen (secondary N) is 8. The van der Waals surface area contributed by atoms with Crippen LogP contribution in [0.1, 0.15) is 106 Å². The van der Waals surface area contributed by atoms with Gasteiger partial charge in [0.1, 0.15) is 0 Å². The Hall–Kier alpha value is -10.3. The Labute approximate surface area is 611 Å². The van der Waals surface area contributed by atoms with Crippen LogP contribution in [0.25, 0.3) is 0 Å². The number of aromatic amines is 4. The van der Waals surface area contributed by atoms with Gasteiger partial charge in [0.05, 0.1) is 46.5 Å². The molecule has 2 fully saturated rings. The molecule has 10 heterocycles. The third kappa shape index (κ3) is 18.5. The lowest BCUT2D eigenvalue weighted by atomic mass is 10.0. The van der Waals surface area contributed by atoms with Crippen molar-refractivity contribution in [3.05, 3.63) is 185 Å². The Morgan fingerprint density at radius 2 is 0.728 bits per heavy atom. The molecule has 9 N–H and O–H groups in total. The standard InChI is InChI=1S/C19H22ClN5O2.C18H20ClN5O3.C16H18ClN5O3.C15H16ClN5O3/c20-13-5-4-6-14(11-13)21-19(27)25-10-7-16-15(12-25)17(23-22-16)18(26)24-8-2-1-3-9-24;19-12-2-1-3-13(10-12)20-18(26)24-5-4-15-14(11-24)16(22-21-15)17(25)23-6-8-27-9-7-23;1-21(25-2)15(23)14-12-9-22(7-6-13(12)19-20-14)16(24)18-11-5-3-4-10(17)8-11;1-20(24)14(22)13-11-8-21(6-5-12(11)18-19-13)15(23)17-10-4-2-3-9(16)7-10/h4-6,11H,1-3,7-10,12H2,(H,21,27)(H,22,23);1-3,10H,4-9,11H2,(H,20,26)(H,21,22);3-5,8H,6-7,9H2,1-2H3,(H,18,24)(H,19,20);2-4,7,24H,5-6,8H2,1H3,(H,17,23)(H,18,19). The number of halogens is 4. The number of benzene rings is 4. The molecule has 0 unspecified atom stereocenters. The number of piperidine rings is 1. The largest absolute Gasteiger partial charge is 0.378 e. The molecule has 0 atom stereocenters. The molecule has 12 amide bonds. The van der Waals surface area contributed by atoms with Gasteiger partial charge < -0.3 is 55.4 Å². The van der Waals surface area contributed by atoms with E-state index >= 15 is 0 Å². The maximum absolute atomic E-state index is 12.8. The Bertz CT molecular complexity index is 4270. The summed E-state index contributed by atoms with van der Waals surface area (Å²) < 4.78 is 5.30. The quantitative estimate of drug-likeness (QED) is 0.0479. The molecule has 31 nitrogen and oxygen atoms in total. The second-order valence-corrected chi connectivity index (χ2v) is 26.4. The zero-order valence-electron chi connectivity index (χ0n) is 56.5. The molecule has 0 spiro atoms. The highest BCUT2D eigenvalue weighted by molar-refractivity contribution is 6.32. The van der Waals surface area contributed by atoms with Crippen molar-refractivity contribution in [1.29, 1.82) is 0 Å². The van der Waals surface area contributed by atoms with Gasteiger partial charge in [0.25, 0.3) is 23.6 Å². The lowest BCUT2D eigenvalue weighted by Crippen LogP contribution is -2.42. The van der Waals surface area contributed by atoms with E-state index in [1.54, 1.807) is 122 Å². The van der Waals surface area contributed by atoms with Crippen molar-refractivity contribution in [1.82, 2.24) is 80.3 Å². The molecule has 6 aliphatic heterocycles. The maximum Gasteiger partial charge on any atom is 0.322 e. The van der Waals surface area contributed by atoms with E-state index in [4.69, 9.17) is 56.0 Å². The third-order valence-corrected chi connectivity index (χ3v) is 18.7. The number of amides is 12. The molecule has 0 radical (unpaired) electrons. The second kappa shape index (κ2) is 34.1. The van der Waals surface area contributed by atoms with Gasteiger partial charge in [-0.2, -0.15) is 20.4 Å². The average molecular weight is 1490 g/mol. The van der Waals surface area contributed by atoms with Gasteiger partial charge >= 0.3 is 24.1 Å². The van der Waals surface area contributed by atoms with Gasteiger partial charge in [-0.25, -0.2) is 29.3 Å². The van der Waals surface area contributed by atoms with E-state index in [1.165, 1.54) is 27.6 Å². The van der Waals surface area contributed by atoms with Crippen LogP contribution in [-0.4, -0.2) is 220 Å². The van der Waals surface area contributed by atoms with Crippen molar-refractivity contribution in [2.45, 2.75) is 71.1 Å². The van der Waals surface area contributed by atoms with Crippen LogP contribution in [0.15, 0.2) is 97.1 Å². The highest BCUT2D eigenvalue weighted by Crippen LogP contribution is 2.29. The van der Waals surface area contributed by atoms with Gasteiger partial charge in [0.2, 0.25) is 0 Å². The number of carbonyl (C=O) groups is 8. The smallest absolute Gasteiger partial charge is 0.322 e. The van der Waals surface area contributed by atoms with Crippen molar-refractivity contribution in [3.63, 3.8) is 0 Å². The minimum atomic E-state index is -0.621. The van der Waals surface area contributed by atoms with Crippen molar-refractivity contribution < 1.29 is 53.1 Å². The van der Waals surface area contributed by atoms with E-state index in [-0.39, 0.29) is 66.3 Å². The third-order valence-electron chi connectivity index (χ3n) is 17.8. The van der Waals surface area contributed by atoms with Crippen LogP contribution < -0.4 is 21.3 Å². The minimum absolute atomic E-state index is 0.0377. The molecule has 0 saturated carbocycles. The van der Waals surface area contributed by atoms with Gasteiger partial charge in [-0.15, -0.1) is 0 Å². The second-order valence-electron chi connectivity index (χ2n) is 24.6. The highest BCUT2D eigenvalue weighted by atomic mass is 35.5. The number of ether oxygens (including phenoxy) is 1. The highest BCUT2D eigenvalue weighted by Gasteiger charge is 2.35. The van der Waals surface area contributed by atoms with E-state index in [1.807, 2.05) is 4.90 Å². The summed E-state index contributed by atoms with van der Waals surface area (Å²) in [4.78, 5) is 115. The van der Waals surface area contributed by atoms with Gasteiger partial charge in [-0.1, -0.05) is 70.7 Å². The van der Waals surface area contributed by atoms with Crippen LogP contribution in [0, 0.1) is 0 Å². The number of hydrogen-bond acceptors (Lipinski definition) is 15. The molecule has 14 rings (SSSR count). The predicted octanol–water partition coefficient (Wildman–Crippen LogP) is 9.81. The van der Waals surface area contributed by atoms with Crippen LogP contribution in [0.4, 0.5) is 41.9 Å². The molecule has 6 aliphatic rings. The summed E-state index contributed by atoms with van der Waals surface area (Å²) in [5.41, 5.74) is 10.2. The fraction of sp³-hybridized carbons (Fsp3) is 0.353. The SMILES string of the molecule is CN(O)C(=O)c1n[nH]c2c1CN(C(=O)Nc1cccc(Cl)c1)CC2.CON(C)C(=O)c1n[nH]c2c1CN(C(=O)Nc1cccc(Cl)c1)CC2.O=C(Nc1cccc(Cl)c1)N1CCc2[nH]nc(C(=O)N3CCCCC3)c2C1.O=C(Nc1cccc(Cl)c1)N1CCc2[nH]nc(C(=O)N3CCOCC3)c2C1. The number of fused-ring (bicyclic) bond motifs is 4. The number of rotatable bonds is 9. The normalized spacial score (nSPS) is 15.1. The fourth-order valence-corrected chi connectivity index (χ4v) is 13.0. The number of urea groups is 4. The molecule has 4 aromatic heterocycles. The van der Waals surface area contributed by atoms with Gasteiger partial charge in [-0.3, -0.25) is 49.6 Å². The van der Waals surface area contributed by atoms with E-state index in [0.29, 0.717) is 162 Å². The topological polar surface area (TPSA) is 364 Å². The van der Waals surface area contributed by atoms with Crippen molar-refractivity contribution >= 4 is 117 Å². The lowest BCUT2D eigenvalue weighted by molar-refractivity contribution is -0.0761. The fourth-order valence-electron chi connectivity index (χ4n) is 12.2. The van der Waals surface area contributed by atoms with Gasteiger partial charge in [0, 0.05) is 180 Å². The average Bonchev–Trinajstić information content (AvgIpc) is 1.70. The van der Waals surface area contributed by atoms with Crippen LogP contribution >= 0.6 is 46.4 Å². The van der Waals surface area contributed by atoms with E-state index in [0.717, 1.165) is 64.9 Å². The Balaban J connectivity index is 0.000000138. The molecule has 0 aliphatic carbocycles. The molecular weight excluding hydrogens is 1410 g/mol. The molecule has 0 bridgehead atoms.